The number of rotatable bonds is 4. The van der Waals surface area contributed by atoms with Gasteiger partial charge in [-0.1, -0.05) is 6.58 Å². The highest BCUT2D eigenvalue weighted by atomic mass is 16.5. The summed E-state index contributed by atoms with van der Waals surface area (Å²) < 4.78 is 16.1. The molecule has 0 N–H and O–H groups in total. The number of benzene rings is 2. The zero-order valence-electron chi connectivity index (χ0n) is 13.9. The molecule has 1 heterocycles. The Bertz CT molecular complexity index is 1010. The summed E-state index contributed by atoms with van der Waals surface area (Å²) in [6.45, 7) is 5.11. The lowest BCUT2D eigenvalue weighted by Crippen LogP contribution is -2.07. The molecular weight excluding hydrogens is 320 g/mol. The molecule has 0 saturated heterocycles. The van der Waals surface area contributed by atoms with Crippen LogP contribution in [0.4, 0.5) is 0 Å². The zero-order chi connectivity index (χ0) is 18.0. The molecule has 126 valence electrons. The lowest BCUT2D eigenvalue weighted by Gasteiger charge is -2.07. The van der Waals surface area contributed by atoms with Gasteiger partial charge in [0.2, 0.25) is 0 Å². The molecule has 2 aromatic carbocycles. The molecule has 0 aliphatic carbocycles. The third kappa shape index (κ3) is 3.45. The molecular formula is C20H16O5. The van der Waals surface area contributed by atoms with Gasteiger partial charge in [-0.2, -0.15) is 0 Å². The number of hydrogen-bond donors (Lipinski definition) is 0. The Morgan fingerprint density at radius 3 is 2.36 bits per heavy atom. The second-order valence-corrected chi connectivity index (χ2v) is 5.53. The summed E-state index contributed by atoms with van der Waals surface area (Å²) in [5, 5.41) is 0.454. The molecule has 0 aliphatic heterocycles. The van der Waals surface area contributed by atoms with Crippen LogP contribution in [0, 0.1) is 0 Å². The molecule has 5 nitrogen and oxygen atoms in total. The fourth-order valence-electron chi connectivity index (χ4n) is 2.29. The quantitative estimate of drug-likeness (QED) is 0.410. The predicted octanol–water partition coefficient (Wildman–Crippen LogP) is 3.95. The normalized spacial score (nSPS) is 10.5. The smallest absolute Gasteiger partial charge is 0.338 e. The lowest BCUT2D eigenvalue weighted by atomic mass is 10.1. The number of carbonyl (C=O) groups is 1. The van der Waals surface area contributed by atoms with Crippen LogP contribution >= 0.6 is 0 Å². The fraction of sp³-hybridized carbons (Fsp3) is 0.100. The van der Waals surface area contributed by atoms with Crippen molar-refractivity contribution in [3.05, 3.63) is 70.9 Å². The van der Waals surface area contributed by atoms with Gasteiger partial charge in [0, 0.05) is 17.2 Å². The molecule has 3 rings (SSSR count). The minimum Gasteiger partial charge on any atom is -0.497 e. The van der Waals surface area contributed by atoms with Crippen LogP contribution in [0.2, 0.25) is 0 Å². The summed E-state index contributed by atoms with van der Waals surface area (Å²) in [4.78, 5) is 23.9. The average Bonchev–Trinajstić information content (AvgIpc) is 2.62. The highest BCUT2D eigenvalue weighted by molar-refractivity contribution is 5.88. The topological polar surface area (TPSA) is 65.7 Å². The SMILES string of the molecule is C=C(C)C(=O)Oc1ccc(-c2cc(=O)c3cc(OC)ccc3o2)cc1. The highest BCUT2D eigenvalue weighted by Gasteiger charge is 2.10. The molecule has 0 atom stereocenters. The molecule has 1 aromatic heterocycles. The van der Waals surface area contributed by atoms with Crippen LogP contribution in [-0.4, -0.2) is 13.1 Å². The molecule has 0 saturated carbocycles. The van der Waals surface area contributed by atoms with Crippen LogP contribution < -0.4 is 14.9 Å². The van der Waals surface area contributed by atoms with Crippen LogP contribution in [0.5, 0.6) is 11.5 Å². The molecule has 0 spiro atoms. The first-order valence-corrected chi connectivity index (χ1v) is 7.58. The van der Waals surface area contributed by atoms with E-state index in [1.54, 1.807) is 56.5 Å². The Kier molecular flexibility index (Phi) is 4.39. The number of ether oxygens (including phenoxy) is 2. The van der Waals surface area contributed by atoms with Gasteiger partial charge in [0.05, 0.1) is 12.5 Å². The van der Waals surface area contributed by atoms with E-state index in [4.69, 9.17) is 13.9 Å². The molecule has 0 amide bonds. The maximum absolute atomic E-state index is 12.3. The lowest BCUT2D eigenvalue weighted by molar-refractivity contribution is -0.130. The van der Waals surface area contributed by atoms with Crippen molar-refractivity contribution < 1.29 is 18.7 Å². The summed E-state index contributed by atoms with van der Waals surface area (Å²) >= 11 is 0. The first kappa shape index (κ1) is 16.5. The fourth-order valence-corrected chi connectivity index (χ4v) is 2.29. The van der Waals surface area contributed by atoms with Crippen molar-refractivity contribution in [2.75, 3.05) is 7.11 Å². The van der Waals surface area contributed by atoms with Gasteiger partial charge < -0.3 is 13.9 Å². The van der Waals surface area contributed by atoms with E-state index >= 15 is 0 Å². The summed E-state index contributed by atoms with van der Waals surface area (Å²) in [5.74, 6) is 0.931. The van der Waals surface area contributed by atoms with Crippen molar-refractivity contribution in [1.82, 2.24) is 0 Å². The maximum Gasteiger partial charge on any atom is 0.338 e. The van der Waals surface area contributed by atoms with Gasteiger partial charge in [-0.25, -0.2) is 4.79 Å². The van der Waals surface area contributed by atoms with Crippen LogP contribution in [0.15, 0.2) is 69.9 Å². The Morgan fingerprint density at radius 2 is 1.72 bits per heavy atom. The van der Waals surface area contributed by atoms with Crippen LogP contribution in [0.25, 0.3) is 22.3 Å². The van der Waals surface area contributed by atoms with Gasteiger partial charge in [-0.3, -0.25) is 4.79 Å². The zero-order valence-corrected chi connectivity index (χ0v) is 13.9. The third-order valence-corrected chi connectivity index (χ3v) is 3.63. The van der Waals surface area contributed by atoms with Gasteiger partial charge in [0.1, 0.15) is 22.8 Å². The van der Waals surface area contributed by atoms with E-state index in [0.29, 0.717) is 39.4 Å². The van der Waals surface area contributed by atoms with Crippen molar-refractivity contribution in [3.8, 4) is 22.8 Å². The second-order valence-electron chi connectivity index (χ2n) is 5.53. The first-order valence-electron chi connectivity index (χ1n) is 7.58. The second kappa shape index (κ2) is 6.65. The summed E-state index contributed by atoms with van der Waals surface area (Å²) in [5.41, 5.74) is 1.33. The van der Waals surface area contributed by atoms with Gasteiger partial charge in [0.15, 0.2) is 5.43 Å². The van der Waals surface area contributed by atoms with Gasteiger partial charge in [-0.05, 0) is 49.4 Å². The number of methoxy groups -OCH3 is 1. The average molecular weight is 336 g/mol. The van der Waals surface area contributed by atoms with Gasteiger partial charge >= 0.3 is 5.97 Å². The molecule has 25 heavy (non-hydrogen) atoms. The van der Waals surface area contributed by atoms with E-state index < -0.39 is 5.97 Å². The molecule has 0 aliphatic rings. The van der Waals surface area contributed by atoms with Crippen LogP contribution in [-0.2, 0) is 4.79 Å². The van der Waals surface area contributed by atoms with Gasteiger partial charge in [-0.15, -0.1) is 0 Å². The number of hydrogen-bond acceptors (Lipinski definition) is 5. The van der Waals surface area contributed by atoms with E-state index in [9.17, 15) is 9.59 Å². The Hall–Kier alpha value is -3.34. The first-order chi connectivity index (χ1) is 12.0. The van der Waals surface area contributed by atoms with E-state index in [2.05, 4.69) is 6.58 Å². The minimum absolute atomic E-state index is 0.159. The molecule has 3 aromatic rings. The Labute approximate surface area is 144 Å². The molecule has 0 radical (unpaired) electrons. The summed E-state index contributed by atoms with van der Waals surface area (Å²) in [7, 11) is 1.54. The summed E-state index contributed by atoms with van der Waals surface area (Å²) in [6, 6.07) is 13.2. The minimum atomic E-state index is -0.487. The van der Waals surface area contributed by atoms with E-state index in [1.165, 1.54) is 6.07 Å². The third-order valence-electron chi connectivity index (χ3n) is 3.63. The van der Waals surface area contributed by atoms with Gasteiger partial charge in [0.25, 0.3) is 0 Å². The van der Waals surface area contributed by atoms with Crippen LogP contribution in [0.1, 0.15) is 6.92 Å². The van der Waals surface area contributed by atoms with Crippen molar-refractivity contribution in [1.29, 1.82) is 0 Å². The monoisotopic (exact) mass is 336 g/mol. The highest BCUT2D eigenvalue weighted by Crippen LogP contribution is 2.26. The number of esters is 1. The molecule has 0 unspecified atom stereocenters. The Morgan fingerprint density at radius 1 is 1.04 bits per heavy atom. The molecule has 0 bridgehead atoms. The largest absolute Gasteiger partial charge is 0.497 e. The number of fused-ring (bicyclic) bond motifs is 1. The van der Waals surface area contributed by atoms with Crippen molar-refractivity contribution in [2.45, 2.75) is 6.92 Å². The maximum atomic E-state index is 12.3. The molecule has 5 heteroatoms. The molecule has 0 fully saturated rings. The number of carbonyl (C=O) groups excluding carboxylic acids is 1. The van der Waals surface area contributed by atoms with Crippen molar-refractivity contribution in [3.63, 3.8) is 0 Å². The standard InChI is InChI=1S/C20H16O5/c1-12(2)20(22)24-14-6-4-13(5-7-14)19-11-17(21)16-10-15(23-3)8-9-18(16)25-19/h4-11H,1H2,2-3H3. The van der Waals surface area contributed by atoms with E-state index in [-0.39, 0.29) is 5.43 Å². The Balaban J connectivity index is 1.95. The van der Waals surface area contributed by atoms with E-state index in [0.717, 1.165) is 0 Å². The van der Waals surface area contributed by atoms with Crippen molar-refractivity contribution in [2.24, 2.45) is 0 Å². The summed E-state index contributed by atoms with van der Waals surface area (Å²) in [6.07, 6.45) is 0. The van der Waals surface area contributed by atoms with E-state index in [1.807, 2.05) is 0 Å². The van der Waals surface area contributed by atoms with Crippen molar-refractivity contribution >= 4 is 16.9 Å². The van der Waals surface area contributed by atoms with Crippen LogP contribution in [0.3, 0.4) is 0 Å². The predicted molar refractivity (Wildman–Crippen MR) is 94.9 cm³/mol.